The Balaban J connectivity index is 1.60. The van der Waals surface area contributed by atoms with Crippen LogP contribution in [-0.4, -0.2) is 44.1 Å². The summed E-state index contributed by atoms with van der Waals surface area (Å²) in [5.41, 5.74) is 3.74. The number of fused-ring (bicyclic) bond motifs is 1. The van der Waals surface area contributed by atoms with E-state index in [1.165, 1.54) is 0 Å². The molecule has 0 fully saturated rings. The Morgan fingerprint density at radius 2 is 1.64 bits per heavy atom. The van der Waals surface area contributed by atoms with Crippen molar-refractivity contribution in [3.05, 3.63) is 58.7 Å². The second kappa shape index (κ2) is 8.78. The number of carbonyl (C=O) groups excluding carboxylic acids is 2. The van der Waals surface area contributed by atoms with Gasteiger partial charge >= 0.3 is 5.97 Å². The van der Waals surface area contributed by atoms with Crippen LogP contribution in [0.3, 0.4) is 0 Å². The predicted molar refractivity (Wildman–Crippen MR) is 105 cm³/mol. The second-order valence-corrected chi connectivity index (χ2v) is 6.67. The summed E-state index contributed by atoms with van der Waals surface area (Å²) in [5.74, 6) is 0.625. The van der Waals surface area contributed by atoms with Gasteiger partial charge in [-0.05, 0) is 53.8 Å². The number of rotatable bonds is 6. The van der Waals surface area contributed by atoms with Gasteiger partial charge in [0.15, 0.2) is 18.1 Å². The molecular formula is C22H25NO5. The molecule has 28 heavy (non-hydrogen) atoms. The third-order valence-electron chi connectivity index (χ3n) is 5.00. The van der Waals surface area contributed by atoms with Crippen LogP contribution < -0.4 is 9.47 Å². The van der Waals surface area contributed by atoms with E-state index in [2.05, 4.69) is 6.92 Å². The average Bonchev–Trinajstić information content (AvgIpc) is 2.75. The smallest absolute Gasteiger partial charge is 0.338 e. The van der Waals surface area contributed by atoms with Crippen molar-refractivity contribution in [2.45, 2.75) is 26.3 Å². The van der Waals surface area contributed by atoms with Crippen LogP contribution in [0.5, 0.6) is 11.5 Å². The Morgan fingerprint density at radius 1 is 1.00 bits per heavy atom. The van der Waals surface area contributed by atoms with Gasteiger partial charge in [0.2, 0.25) is 0 Å². The first-order valence-corrected chi connectivity index (χ1v) is 9.33. The number of amides is 1. The summed E-state index contributed by atoms with van der Waals surface area (Å²) in [5, 5.41) is 0. The third kappa shape index (κ3) is 4.27. The number of benzene rings is 2. The van der Waals surface area contributed by atoms with E-state index in [9.17, 15) is 9.59 Å². The average molecular weight is 383 g/mol. The number of methoxy groups -OCH3 is 2. The highest BCUT2D eigenvalue weighted by Gasteiger charge is 2.23. The molecule has 3 rings (SSSR count). The minimum Gasteiger partial charge on any atom is -0.493 e. The van der Waals surface area contributed by atoms with Crippen molar-refractivity contribution < 1.29 is 23.8 Å². The molecule has 1 amide bonds. The summed E-state index contributed by atoms with van der Waals surface area (Å²) in [6, 6.07) is 11.1. The topological polar surface area (TPSA) is 65.1 Å². The number of hydrogen-bond acceptors (Lipinski definition) is 5. The summed E-state index contributed by atoms with van der Waals surface area (Å²) in [7, 11) is 3.19. The van der Waals surface area contributed by atoms with E-state index in [0.717, 1.165) is 23.1 Å². The van der Waals surface area contributed by atoms with Gasteiger partial charge in [0.05, 0.1) is 19.8 Å². The van der Waals surface area contributed by atoms with Crippen molar-refractivity contribution in [3.63, 3.8) is 0 Å². The largest absolute Gasteiger partial charge is 0.493 e. The van der Waals surface area contributed by atoms with E-state index in [-0.39, 0.29) is 12.5 Å². The number of hydrogen-bond donors (Lipinski definition) is 0. The third-order valence-corrected chi connectivity index (χ3v) is 5.00. The Bertz CT molecular complexity index is 860. The second-order valence-electron chi connectivity index (χ2n) is 6.67. The lowest BCUT2D eigenvalue weighted by molar-refractivity contribution is -0.135. The highest BCUT2D eigenvalue weighted by molar-refractivity contribution is 5.91. The fourth-order valence-corrected chi connectivity index (χ4v) is 3.27. The molecule has 0 atom stereocenters. The van der Waals surface area contributed by atoms with Crippen molar-refractivity contribution in [1.82, 2.24) is 4.90 Å². The first-order valence-electron chi connectivity index (χ1n) is 9.33. The Hall–Kier alpha value is -3.02. The fourth-order valence-electron chi connectivity index (χ4n) is 3.27. The molecule has 148 valence electrons. The van der Waals surface area contributed by atoms with Gasteiger partial charge in [0.25, 0.3) is 5.91 Å². The number of esters is 1. The molecule has 1 aliphatic heterocycles. The number of carbonyl (C=O) groups is 2. The maximum atomic E-state index is 12.5. The molecule has 0 radical (unpaired) electrons. The summed E-state index contributed by atoms with van der Waals surface area (Å²) in [6.45, 7) is 2.81. The van der Waals surface area contributed by atoms with E-state index in [1.807, 2.05) is 24.3 Å². The molecular weight excluding hydrogens is 358 g/mol. The predicted octanol–water partition coefficient (Wildman–Crippen LogP) is 3.01. The lowest BCUT2D eigenvalue weighted by Gasteiger charge is -2.29. The molecule has 1 heterocycles. The normalized spacial score (nSPS) is 12.9. The highest BCUT2D eigenvalue weighted by Crippen LogP contribution is 2.33. The molecule has 2 aromatic rings. The van der Waals surface area contributed by atoms with Crippen molar-refractivity contribution in [2.75, 3.05) is 27.4 Å². The molecule has 6 nitrogen and oxygen atoms in total. The van der Waals surface area contributed by atoms with Crippen LogP contribution >= 0.6 is 0 Å². The molecule has 6 heteroatoms. The molecule has 0 N–H and O–H groups in total. The maximum absolute atomic E-state index is 12.5. The van der Waals surface area contributed by atoms with Crippen LogP contribution in [0.15, 0.2) is 36.4 Å². The van der Waals surface area contributed by atoms with E-state index in [4.69, 9.17) is 14.2 Å². The molecule has 0 aliphatic carbocycles. The summed E-state index contributed by atoms with van der Waals surface area (Å²) in [6.07, 6.45) is 1.62. The zero-order valence-electron chi connectivity index (χ0n) is 16.5. The molecule has 0 saturated heterocycles. The van der Waals surface area contributed by atoms with Gasteiger partial charge in [-0.15, -0.1) is 0 Å². The zero-order valence-corrected chi connectivity index (χ0v) is 16.5. The molecule has 0 spiro atoms. The molecule has 1 aliphatic rings. The highest BCUT2D eigenvalue weighted by atomic mass is 16.5. The van der Waals surface area contributed by atoms with Crippen LogP contribution in [0.2, 0.25) is 0 Å². The van der Waals surface area contributed by atoms with Gasteiger partial charge < -0.3 is 19.1 Å². The van der Waals surface area contributed by atoms with Crippen LogP contribution in [0.25, 0.3) is 0 Å². The van der Waals surface area contributed by atoms with Crippen LogP contribution in [-0.2, 0) is 28.9 Å². The fraction of sp³-hybridized carbons (Fsp3) is 0.364. The Labute approximate surface area is 165 Å². The monoisotopic (exact) mass is 383 g/mol. The SMILES string of the molecule is CCc1ccc(C(=O)OCC(=O)N2CCc3cc(OC)c(OC)cc3C2)cc1. The minimum absolute atomic E-state index is 0.209. The van der Waals surface area contributed by atoms with E-state index < -0.39 is 5.97 Å². The molecule has 0 aromatic heterocycles. The maximum Gasteiger partial charge on any atom is 0.338 e. The number of ether oxygens (including phenoxy) is 3. The van der Waals surface area contributed by atoms with E-state index in [0.29, 0.717) is 36.6 Å². The summed E-state index contributed by atoms with van der Waals surface area (Å²) < 4.78 is 15.9. The van der Waals surface area contributed by atoms with Gasteiger partial charge in [0.1, 0.15) is 0 Å². The first kappa shape index (κ1) is 19.7. The molecule has 0 bridgehead atoms. The standard InChI is InChI=1S/C22H25NO5/c1-4-15-5-7-16(8-6-15)22(25)28-14-21(24)23-10-9-17-11-19(26-2)20(27-3)12-18(17)13-23/h5-8,11-12H,4,9-10,13-14H2,1-3H3. The van der Waals surface area contributed by atoms with Gasteiger partial charge in [-0.2, -0.15) is 0 Å². The summed E-state index contributed by atoms with van der Waals surface area (Å²) in [4.78, 5) is 26.4. The van der Waals surface area contributed by atoms with Crippen molar-refractivity contribution in [2.24, 2.45) is 0 Å². The van der Waals surface area contributed by atoms with Crippen LogP contribution in [0.1, 0.15) is 34.0 Å². The lowest BCUT2D eigenvalue weighted by Crippen LogP contribution is -2.38. The number of aryl methyl sites for hydroxylation is 1. The van der Waals surface area contributed by atoms with Gasteiger partial charge in [0, 0.05) is 13.1 Å². The Morgan fingerprint density at radius 3 is 2.25 bits per heavy atom. The lowest BCUT2D eigenvalue weighted by atomic mass is 9.99. The molecule has 0 unspecified atom stereocenters. The quantitative estimate of drug-likeness (QED) is 0.718. The molecule has 2 aromatic carbocycles. The number of nitrogens with zero attached hydrogens (tertiary/aromatic N) is 1. The van der Waals surface area contributed by atoms with Crippen molar-refractivity contribution in [3.8, 4) is 11.5 Å². The summed E-state index contributed by atoms with van der Waals surface area (Å²) >= 11 is 0. The van der Waals surface area contributed by atoms with Crippen molar-refractivity contribution in [1.29, 1.82) is 0 Å². The Kier molecular flexibility index (Phi) is 6.19. The minimum atomic E-state index is -0.486. The first-order chi connectivity index (χ1) is 13.5. The van der Waals surface area contributed by atoms with Crippen molar-refractivity contribution >= 4 is 11.9 Å². The van der Waals surface area contributed by atoms with Crippen LogP contribution in [0, 0.1) is 0 Å². The van der Waals surface area contributed by atoms with Gasteiger partial charge in [-0.1, -0.05) is 19.1 Å². The van der Waals surface area contributed by atoms with E-state index in [1.54, 1.807) is 31.3 Å². The molecule has 0 saturated carbocycles. The van der Waals surface area contributed by atoms with E-state index >= 15 is 0 Å². The van der Waals surface area contributed by atoms with Gasteiger partial charge in [-0.25, -0.2) is 4.79 Å². The van der Waals surface area contributed by atoms with Gasteiger partial charge in [-0.3, -0.25) is 4.79 Å². The van der Waals surface area contributed by atoms with Crippen LogP contribution in [0.4, 0.5) is 0 Å². The zero-order chi connectivity index (χ0) is 20.1.